The Morgan fingerprint density at radius 3 is 2.38 bits per heavy atom. The number of rotatable bonds is 4. The van der Waals surface area contributed by atoms with Gasteiger partial charge in [-0.25, -0.2) is 14.4 Å². The molecule has 0 aliphatic rings. The number of nitrogens with two attached hydrogens (primary N) is 1. The van der Waals surface area contributed by atoms with Gasteiger partial charge in [-0.3, -0.25) is 0 Å². The van der Waals surface area contributed by atoms with E-state index in [9.17, 15) is 4.39 Å². The maximum Gasteiger partial charge on any atom is 0.141 e. The maximum atomic E-state index is 13.1. The summed E-state index contributed by atoms with van der Waals surface area (Å²) >= 11 is 3.45. The first-order valence-corrected chi connectivity index (χ1v) is 7.74. The van der Waals surface area contributed by atoms with Gasteiger partial charge in [0.2, 0.25) is 0 Å². The molecule has 3 nitrogen and oxygen atoms in total. The van der Waals surface area contributed by atoms with E-state index in [4.69, 9.17) is 5.73 Å². The molecule has 2 aromatic rings. The molecular weight excluding hydrogens is 333 g/mol. The van der Waals surface area contributed by atoms with Crippen LogP contribution in [0.3, 0.4) is 0 Å². The summed E-state index contributed by atoms with van der Waals surface area (Å²) in [7, 11) is 0. The van der Waals surface area contributed by atoms with E-state index < -0.39 is 5.41 Å². The summed E-state index contributed by atoms with van der Waals surface area (Å²) in [6.07, 6.45) is 1.81. The van der Waals surface area contributed by atoms with Crippen LogP contribution in [-0.2, 0) is 11.8 Å². The second kappa shape index (κ2) is 6.10. The molecule has 0 unspecified atom stereocenters. The number of benzene rings is 1. The number of nitrogen functional groups attached to an aromatic ring is 1. The molecule has 2 N–H and O–H groups in total. The van der Waals surface area contributed by atoms with Crippen molar-refractivity contribution in [2.75, 3.05) is 5.73 Å². The van der Waals surface area contributed by atoms with Crippen molar-refractivity contribution in [1.29, 1.82) is 0 Å². The standard InChI is InChI=1S/C16H19BrFN3/c1-4-5-12-13(17)14(19)21-15(20-12)16(2,3)10-6-8-11(18)9-7-10/h6-9H,4-5H2,1-3H3,(H2,19,20,21). The Balaban J connectivity index is 2.51. The van der Waals surface area contributed by atoms with Gasteiger partial charge in [-0.15, -0.1) is 0 Å². The first-order valence-electron chi connectivity index (χ1n) is 6.94. The van der Waals surface area contributed by atoms with Crippen molar-refractivity contribution in [2.45, 2.75) is 39.0 Å². The highest BCUT2D eigenvalue weighted by molar-refractivity contribution is 9.10. The molecular formula is C16H19BrFN3. The van der Waals surface area contributed by atoms with Crippen molar-refractivity contribution < 1.29 is 4.39 Å². The molecule has 0 radical (unpaired) electrons. The molecule has 0 spiro atoms. The van der Waals surface area contributed by atoms with E-state index in [1.807, 2.05) is 13.8 Å². The Morgan fingerprint density at radius 1 is 1.19 bits per heavy atom. The molecule has 1 aromatic heterocycles. The molecule has 0 amide bonds. The Morgan fingerprint density at radius 2 is 1.81 bits per heavy atom. The third kappa shape index (κ3) is 3.23. The third-order valence-corrected chi connectivity index (χ3v) is 4.42. The first-order chi connectivity index (χ1) is 9.86. The van der Waals surface area contributed by atoms with Crippen molar-refractivity contribution in [3.05, 3.63) is 51.6 Å². The highest BCUT2D eigenvalue weighted by atomic mass is 79.9. The average molecular weight is 352 g/mol. The van der Waals surface area contributed by atoms with Gasteiger partial charge >= 0.3 is 0 Å². The Kier molecular flexibility index (Phi) is 4.61. The summed E-state index contributed by atoms with van der Waals surface area (Å²) in [4.78, 5) is 9.07. The van der Waals surface area contributed by atoms with E-state index >= 15 is 0 Å². The average Bonchev–Trinajstić information content (AvgIpc) is 2.44. The molecule has 112 valence electrons. The minimum Gasteiger partial charge on any atom is -0.383 e. The summed E-state index contributed by atoms with van der Waals surface area (Å²) < 4.78 is 13.9. The highest BCUT2D eigenvalue weighted by Gasteiger charge is 2.28. The van der Waals surface area contributed by atoms with Crippen LogP contribution in [0.4, 0.5) is 10.2 Å². The lowest BCUT2D eigenvalue weighted by atomic mass is 9.83. The predicted molar refractivity (Wildman–Crippen MR) is 86.7 cm³/mol. The summed E-state index contributed by atoms with van der Waals surface area (Å²) in [5, 5.41) is 0. The van der Waals surface area contributed by atoms with Crippen LogP contribution in [0.1, 0.15) is 44.3 Å². The number of nitrogens with zero attached hydrogens (tertiary/aromatic N) is 2. The smallest absolute Gasteiger partial charge is 0.141 e. The van der Waals surface area contributed by atoms with E-state index in [0.717, 1.165) is 28.6 Å². The van der Waals surface area contributed by atoms with Crippen LogP contribution in [0.5, 0.6) is 0 Å². The zero-order chi connectivity index (χ0) is 15.6. The molecule has 5 heteroatoms. The number of aryl methyl sites for hydroxylation is 1. The monoisotopic (exact) mass is 351 g/mol. The zero-order valence-electron chi connectivity index (χ0n) is 12.5. The lowest BCUT2D eigenvalue weighted by Crippen LogP contribution is -2.24. The van der Waals surface area contributed by atoms with Crippen LogP contribution in [0.25, 0.3) is 0 Å². The molecule has 0 aliphatic heterocycles. The first kappa shape index (κ1) is 15.9. The van der Waals surface area contributed by atoms with Crippen molar-refractivity contribution in [1.82, 2.24) is 9.97 Å². The van der Waals surface area contributed by atoms with Crippen LogP contribution in [0, 0.1) is 5.82 Å². The van der Waals surface area contributed by atoms with Crippen molar-refractivity contribution in [3.8, 4) is 0 Å². The molecule has 0 atom stereocenters. The number of aromatic nitrogens is 2. The van der Waals surface area contributed by atoms with Crippen molar-refractivity contribution >= 4 is 21.7 Å². The topological polar surface area (TPSA) is 51.8 Å². The Bertz CT molecular complexity index is 639. The van der Waals surface area contributed by atoms with Crippen molar-refractivity contribution in [3.63, 3.8) is 0 Å². The van der Waals surface area contributed by atoms with Gasteiger partial charge < -0.3 is 5.73 Å². The van der Waals surface area contributed by atoms with E-state index in [0.29, 0.717) is 11.6 Å². The second-order valence-corrected chi connectivity index (χ2v) is 6.37. The summed E-state index contributed by atoms with van der Waals surface area (Å²) in [6.45, 7) is 6.12. The quantitative estimate of drug-likeness (QED) is 0.896. The molecule has 0 aliphatic carbocycles. The third-order valence-electron chi connectivity index (χ3n) is 3.56. The number of hydrogen-bond donors (Lipinski definition) is 1. The minimum atomic E-state index is -0.439. The van der Waals surface area contributed by atoms with Gasteiger partial charge in [0, 0.05) is 5.41 Å². The van der Waals surface area contributed by atoms with Gasteiger partial charge in [-0.1, -0.05) is 25.5 Å². The molecule has 21 heavy (non-hydrogen) atoms. The van der Waals surface area contributed by atoms with Gasteiger partial charge in [0.25, 0.3) is 0 Å². The van der Waals surface area contributed by atoms with E-state index in [1.54, 1.807) is 12.1 Å². The summed E-state index contributed by atoms with van der Waals surface area (Å²) in [6, 6.07) is 6.42. The van der Waals surface area contributed by atoms with E-state index in [-0.39, 0.29) is 5.82 Å². The lowest BCUT2D eigenvalue weighted by molar-refractivity contribution is 0.578. The molecule has 1 aromatic carbocycles. The van der Waals surface area contributed by atoms with Crippen LogP contribution >= 0.6 is 15.9 Å². The number of halogens is 2. The number of anilines is 1. The fourth-order valence-electron chi connectivity index (χ4n) is 2.19. The van der Waals surface area contributed by atoms with Gasteiger partial charge in [-0.05, 0) is 53.9 Å². The highest BCUT2D eigenvalue weighted by Crippen LogP contribution is 2.32. The maximum absolute atomic E-state index is 13.1. The predicted octanol–water partition coefficient (Wildman–Crippen LogP) is 4.24. The van der Waals surface area contributed by atoms with Crippen LogP contribution in [-0.4, -0.2) is 9.97 Å². The molecule has 0 saturated carbocycles. The van der Waals surface area contributed by atoms with E-state index in [2.05, 4.69) is 32.8 Å². The van der Waals surface area contributed by atoms with Crippen LogP contribution in [0.2, 0.25) is 0 Å². The zero-order valence-corrected chi connectivity index (χ0v) is 14.0. The largest absolute Gasteiger partial charge is 0.383 e. The van der Waals surface area contributed by atoms with Gasteiger partial charge in [0.05, 0.1) is 10.2 Å². The van der Waals surface area contributed by atoms with E-state index in [1.165, 1.54) is 12.1 Å². The lowest BCUT2D eigenvalue weighted by Gasteiger charge is -2.25. The summed E-state index contributed by atoms with van der Waals surface area (Å²) in [5.41, 5.74) is 7.42. The Hall–Kier alpha value is -1.49. The molecule has 0 fully saturated rings. The van der Waals surface area contributed by atoms with Gasteiger partial charge in [0.15, 0.2) is 0 Å². The molecule has 0 saturated heterocycles. The van der Waals surface area contributed by atoms with Gasteiger partial charge in [-0.2, -0.15) is 0 Å². The second-order valence-electron chi connectivity index (χ2n) is 5.58. The fourth-order valence-corrected chi connectivity index (χ4v) is 2.57. The minimum absolute atomic E-state index is 0.252. The fraction of sp³-hybridized carbons (Fsp3) is 0.375. The molecule has 2 rings (SSSR count). The van der Waals surface area contributed by atoms with Crippen LogP contribution < -0.4 is 5.73 Å². The van der Waals surface area contributed by atoms with Crippen LogP contribution in [0.15, 0.2) is 28.7 Å². The van der Waals surface area contributed by atoms with Crippen molar-refractivity contribution in [2.24, 2.45) is 0 Å². The number of hydrogen-bond acceptors (Lipinski definition) is 3. The molecule has 1 heterocycles. The van der Waals surface area contributed by atoms with Gasteiger partial charge in [0.1, 0.15) is 17.5 Å². The SMILES string of the molecule is CCCc1nc(C(C)(C)c2ccc(F)cc2)nc(N)c1Br. The Labute approximate surface area is 132 Å². The molecule has 0 bridgehead atoms. The normalized spacial score (nSPS) is 11.7. The summed E-state index contributed by atoms with van der Waals surface area (Å²) in [5.74, 6) is 0.842.